The van der Waals surface area contributed by atoms with Crippen LogP contribution in [0.25, 0.3) is 11.3 Å². The van der Waals surface area contributed by atoms with Crippen LogP contribution in [0.4, 0.5) is 5.69 Å². The van der Waals surface area contributed by atoms with Gasteiger partial charge in [0.05, 0.1) is 5.69 Å². The molecule has 0 unspecified atom stereocenters. The third-order valence-corrected chi connectivity index (χ3v) is 7.22. The first kappa shape index (κ1) is 23.3. The van der Waals surface area contributed by atoms with Crippen LogP contribution in [0.15, 0.2) is 53.3 Å². The summed E-state index contributed by atoms with van der Waals surface area (Å²) in [7, 11) is 0. The summed E-state index contributed by atoms with van der Waals surface area (Å²) in [6.07, 6.45) is 6.06. The Labute approximate surface area is 200 Å². The van der Waals surface area contributed by atoms with E-state index in [0.29, 0.717) is 27.9 Å². The molecular formula is C28H31ClN2O2. The van der Waals surface area contributed by atoms with Crippen LogP contribution in [0.2, 0.25) is 5.02 Å². The highest BCUT2D eigenvalue weighted by atomic mass is 35.5. The normalized spacial score (nSPS) is 14.3. The molecule has 1 amide bonds. The smallest absolute Gasteiger partial charge is 0.261 e. The first-order chi connectivity index (χ1) is 15.9. The summed E-state index contributed by atoms with van der Waals surface area (Å²) in [5.41, 5.74) is 4.81. The topological polar surface area (TPSA) is 51.1 Å². The first-order valence-electron chi connectivity index (χ1n) is 11.7. The highest BCUT2D eigenvalue weighted by Crippen LogP contribution is 2.33. The van der Waals surface area contributed by atoms with Gasteiger partial charge in [-0.05, 0) is 62.8 Å². The van der Waals surface area contributed by atoms with Gasteiger partial charge in [0.25, 0.3) is 5.91 Å². The van der Waals surface area contributed by atoms with Gasteiger partial charge in [-0.15, -0.1) is 0 Å². The predicted molar refractivity (Wildman–Crippen MR) is 136 cm³/mol. The summed E-state index contributed by atoms with van der Waals surface area (Å²) in [6, 6.07) is 14.8. The second kappa shape index (κ2) is 9.96. The number of anilines is 1. The standard InChI is InChI=1S/C28H31ClN2O2/c1-18-10-9-15-24(20(18)3)30-28(33)26-25(32)16-19(2)31(17-21-11-5-4-6-12-21)27(26)22-13-7-8-14-23(22)29/h7-10,13-16,21H,4-6,11-12,17H2,1-3H3,(H,30,33). The monoisotopic (exact) mass is 462 g/mol. The summed E-state index contributed by atoms with van der Waals surface area (Å²) in [5, 5.41) is 3.52. The molecule has 1 aliphatic carbocycles. The number of hydrogen-bond acceptors (Lipinski definition) is 2. The van der Waals surface area contributed by atoms with E-state index in [-0.39, 0.29) is 11.0 Å². The van der Waals surface area contributed by atoms with Gasteiger partial charge < -0.3 is 9.88 Å². The number of aromatic nitrogens is 1. The fourth-order valence-electron chi connectivity index (χ4n) is 4.86. The molecule has 1 N–H and O–H groups in total. The van der Waals surface area contributed by atoms with Gasteiger partial charge in [-0.1, -0.05) is 61.2 Å². The van der Waals surface area contributed by atoms with Gasteiger partial charge in [0.1, 0.15) is 5.56 Å². The lowest BCUT2D eigenvalue weighted by Crippen LogP contribution is -2.28. The number of nitrogens with zero attached hydrogens (tertiary/aromatic N) is 1. The minimum Gasteiger partial charge on any atom is -0.344 e. The van der Waals surface area contributed by atoms with Crippen molar-refractivity contribution in [3.8, 4) is 11.3 Å². The van der Waals surface area contributed by atoms with E-state index in [1.807, 2.05) is 57.2 Å². The van der Waals surface area contributed by atoms with E-state index in [9.17, 15) is 9.59 Å². The molecule has 4 rings (SSSR count). The molecule has 2 aromatic carbocycles. The molecule has 0 radical (unpaired) electrons. The second-order valence-corrected chi connectivity index (χ2v) is 9.58. The lowest BCUT2D eigenvalue weighted by Gasteiger charge is -2.27. The van der Waals surface area contributed by atoms with Gasteiger partial charge in [0, 0.05) is 34.6 Å². The molecule has 0 atom stereocenters. The Morgan fingerprint density at radius 2 is 1.76 bits per heavy atom. The van der Waals surface area contributed by atoms with E-state index in [4.69, 9.17) is 11.6 Å². The molecule has 1 aliphatic rings. The lowest BCUT2D eigenvalue weighted by atomic mass is 9.88. The third kappa shape index (κ3) is 4.91. The van der Waals surface area contributed by atoms with E-state index < -0.39 is 5.91 Å². The summed E-state index contributed by atoms with van der Waals surface area (Å²) in [5.74, 6) is 0.122. The average Bonchev–Trinajstić information content (AvgIpc) is 2.79. The molecule has 0 bridgehead atoms. The van der Waals surface area contributed by atoms with E-state index in [0.717, 1.165) is 36.2 Å². The second-order valence-electron chi connectivity index (χ2n) is 9.17. The van der Waals surface area contributed by atoms with Crippen LogP contribution in [0, 0.1) is 26.7 Å². The van der Waals surface area contributed by atoms with Crippen molar-refractivity contribution in [3.05, 3.63) is 86.2 Å². The molecule has 4 nitrogen and oxygen atoms in total. The molecule has 1 aromatic heterocycles. The first-order valence-corrected chi connectivity index (χ1v) is 12.1. The Kier molecular flexibility index (Phi) is 7.04. The Hall–Kier alpha value is -2.85. The fourth-order valence-corrected chi connectivity index (χ4v) is 5.08. The van der Waals surface area contributed by atoms with Crippen LogP contribution in [-0.2, 0) is 6.54 Å². The minimum absolute atomic E-state index is 0.144. The van der Waals surface area contributed by atoms with Crippen molar-refractivity contribution in [2.75, 3.05) is 5.32 Å². The maximum absolute atomic E-state index is 13.6. The summed E-state index contributed by atoms with van der Waals surface area (Å²) in [4.78, 5) is 26.8. The molecule has 33 heavy (non-hydrogen) atoms. The third-order valence-electron chi connectivity index (χ3n) is 6.89. The van der Waals surface area contributed by atoms with E-state index >= 15 is 0 Å². The molecule has 1 saturated carbocycles. The lowest BCUT2D eigenvalue weighted by molar-refractivity contribution is 0.102. The number of rotatable bonds is 5. The van der Waals surface area contributed by atoms with Crippen molar-refractivity contribution in [2.45, 2.75) is 59.4 Å². The van der Waals surface area contributed by atoms with Gasteiger partial charge in [-0.3, -0.25) is 9.59 Å². The molecule has 5 heteroatoms. The summed E-state index contributed by atoms with van der Waals surface area (Å²) >= 11 is 6.61. The minimum atomic E-state index is -0.402. The predicted octanol–water partition coefficient (Wildman–Crippen LogP) is 6.93. The van der Waals surface area contributed by atoms with Gasteiger partial charge in [0.2, 0.25) is 0 Å². The van der Waals surface area contributed by atoms with E-state index in [2.05, 4.69) is 9.88 Å². The number of pyridine rings is 1. The van der Waals surface area contributed by atoms with Gasteiger partial charge >= 0.3 is 0 Å². The molecule has 1 heterocycles. The maximum Gasteiger partial charge on any atom is 0.261 e. The number of nitrogens with one attached hydrogen (secondary N) is 1. The number of halogens is 1. The van der Waals surface area contributed by atoms with Crippen LogP contribution in [0.1, 0.15) is 59.3 Å². The summed E-state index contributed by atoms with van der Waals surface area (Å²) in [6.45, 7) is 6.69. The zero-order chi connectivity index (χ0) is 23.5. The molecule has 0 aliphatic heterocycles. The van der Waals surface area contributed by atoms with Gasteiger partial charge in [0.15, 0.2) is 5.43 Å². The number of benzene rings is 2. The fraction of sp³-hybridized carbons (Fsp3) is 0.357. The highest BCUT2D eigenvalue weighted by Gasteiger charge is 2.25. The van der Waals surface area contributed by atoms with Gasteiger partial charge in [-0.25, -0.2) is 0 Å². The van der Waals surface area contributed by atoms with Crippen LogP contribution < -0.4 is 10.7 Å². The number of hydrogen-bond donors (Lipinski definition) is 1. The van der Waals surface area contributed by atoms with E-state index in [1.165, 1.54) is 19.3 Å². The van der Waals surface area contributed by atoms with Crippen LogP contribution >= 0.6 is 11.6 Å². The maximum atomic E-state index is 13.6. The largest absolute Gasteiger partial charge is 0.344 e. The van der Waals surface area contributed by atoms with Gasteiger partial charge in [-0.2, -0.15) is 0 Å². The highest BCUT2D eigenvalue weighted by molar-refractivity contribution is 6.33. The van der Waals surface area contributed by atoms with Crippen molar-refractivity contribution in [1.82, 2.24) is 4.57 Å². The molecular weight excluding hydrogens is 432 g/mol. The Morgan fingerprint density at radius 3 is 2.48 bits per heavy atom. The average molecular weight is 463 g/mol. The molecule has 0 saturated heterocycles. The zero-order valence-electron chi connectivity index (χ0n) is 19.6. The Morgan fingerprint density at radius 1 is 1.03 bits per heavy atom. The van der Waals surface area contributed by atoms with Crippen molar-refractivity contribution in [3.63, 3.8) is 0 Å². The Balaban J connectivity index is 1.87. The molecule has 172 valence electrons. The van der Waals surface area contributed by atoms with E-state index in [1.54, 1.807) is 12.1 Å². The molecule has 0 spiro atoms. The summed E-state index contributed by atoms with van der Waals surface area (Å²) < 4.78 is 2.14. The quantitative estimate of drug-likeness (QED) is 0.447. The van der Waals surface area contributed by atoms with Crippen molar-refractivity contribution in [2.24, 2.45) is 5.92 Å². The zero-order valence-corrected chi connectivity index (χ0v) is 20.3. The Bertz CT molecular complexity index is 1240. The number of amides is 1. The van der Waals surface area contributed by atoms with Crippen molar-refractivity contribution >= 4 is 23.2 Å². The number of aryl methyl sites for hydroxylation is 2. The van der Waals surface area contributed by atoms with Crippen LogP contribution in [0.3, 0.4) is 0 Å². The van der Waals surface area contributed by atoms with Crippen LogP contribution in [-0.4, -0.2) is 10.5 Å². The SMILES string of the molecule is Cc1cccc(NC(=O)c2c(-c3ccccc3Cl)n(CC3CCCCC3)c(C)cc2=O)c1C. The van der Waals surface area contributed by atoms with Crippen molar-refractivity contribution < 1.29 is 4.79 Å². The molecule has 3 aromatic rings. The van der Waals surface area contributed by atoms with Crippen LogP contribution in [0.5, 0.6) is 0 Å². The van der Waals surface area contributed by atoms with Crippen molar-refractivity contribution in [1.29, 1.82) is 0 Å². The number of carbonyl (C=O) groups is 1. The molecule has 1 fully saturated rings. The number of carbonyl (C=O) groups excluding carboxylic acids is 1.